The molecule has 0 unspecified atom stereocenters. The summed E-state index contributed by atoms with van der Waals surface area (Å²) in [7, 11) is 0. The number of halogens is 2. The number of anilines is 1. The van der Waals surface area contributed by atoms with Gasteiger partial charge in [0.15, 0.2) is 18.0 Å². The van der Waals surface area contributed by atoms with Crippen LogP contribution in [0.2, 0.25) is 10.0 Å². The highest BCUT2D eigenvalue weighted by atomic mass is 35.5. The van der Waals surface area contributed by atoms with Crippen LogP contribution < -0.4 is 5.32 Å². The van der Waals surface area contributed by atoms with Crippen molar-refractivity contribution in [3.05, 3.63) is 58.0 Å². The smallest absolute Gasteiger partial charge is 0.331 e. The van der Waals surface area contributed by atoms with Crippen LogP contribution in [0.1, 0.15) is 11.6 Å². The van der Waals surface area contributed by atoms with Crippen LogP contribution in [0.25, 0.3) is 17.2 Å². The molecule has 0 saturated carbocycles. The molecule has 0 radical (unpaired) electrons. The molecule has 3 rings (SSSR count). The van der Waals surface area contributed by atoms with Gasteiger partial charge in [-0.2, -0.15) is 0 Å². The number of pyridine rings is 1. The number of fused-ring (bicyclic) bond motifs is 1. The van der Waals surface area contributed by atoms with Crippen molar-refractivity contribution in [2.45, 2.75) is 6.92 Å². The summed E-state index contributed by atoms with van der Waals surface area (Å²) in [5.74, 6) is -0.916. The summed E-state index contributed by atoms with van der Waals surface area (Å²) in [4.78, 5) is 31.9. The van der Waals surface area contributed by atoms with Crippen LogP contribution >= 0.6 is 23.2 Å². The number of esters is 1. The van der Waals surface area contributed by atoms with Gasteiger partial charge in [0.05, 0.1) is 15.7 Å². The van der Waals surface area contributed by atoms with Crippen LogP contribution in [0.5, 0.6) is 0 Å². The molecule has 1 aromatic carbocycles. The van der Waals surface area contributed by atoms with Gasteiger partial charge in [-0.05, 0) is 25.1 Å². The Kier molecular flexibility index (Phi) is 5.73. The number of amides is 1. The Morgan fingerprint density at radius 2 is 2.00 bits per heavy atom. The number of ether oxygens (including phenoxy) is 1. The average molecular weight is 406 g/mol. The van der Waals surface area contributed by atoms with Crippen molar-refractivity contribution >= 4 is 58.1 Å². The lowest BCUT2D eigenvalue weighted by Crippen LogP contribution is -2.21. The molecule has 27 heavy (non-hydrogen) atoms. The highest BCUT2D eigenvalue weighted by Gasteiger charge is 2.11. The topological polar surface area (TPSA) is 94.3 Å². The molecule has 0 spiro atoms. The summed E-state index contributed by atoms with van der Waals surface area (Å²) < 4.78 is 10.3. The molecular weight excluding hydrogens is 393 g/mol. The number of carbonyl (C=O) groups excluding carboxylic acids is 2. The number of nitrogens with one attached hydrogen (secondary N) is 1. The molecule has 1 N–H and O–H groups in total. The Morgan fingerprint density at radius 1 is 1.22 bits per heavy atom. The van der Waals surface area contributed by atoms with Crippen molar-refractivity contribution in [2.75, 3.05) is 11.9 Å². The first-order valence-electron chi connectivity index (χ1n) is 7.75. The third-order valence-electron chi connectivity index (χ3n) is 3.38. The van der Waals surface area contributed by atoms with Crippen LogP contribution in [-0.4, -0.2) is 28.5 Å². The third kappa shape index (κ3) is 4.84. The number of oxazole rings is 1. The second kappa shape index (κ2) is 8.20. The number of aryl methyl sites for hydroxylation is 1. The fraction of sp³-hybridized carbons (Fsp3) is 0.111. The normalized spacial score (nSPS) is 11.1. The molecule has 2 aromatic heterocycles. The Hall–Kier alpha value is -2.90. The number of carbonyl (C=O) groups is 2. The van der Waals surface area contributed by atoms with E-state index in [-0.39, 0.29) is 16.7 Å². The summed E-state index contributed by atoms with van der Waals surface area (Å²) in [6, 6.07) is 8.66. The molecule has 9 heteroatoms. The molecule has 3 aromatic rings. The SMILES string of the molecule is Cc1nc(NC(=O)COC(=O)/C=C/c2nc3ccccc3o2)c(Cl)cc1Cl. The van der Waals surface area contributed by atoms with E-state index in [4.69, 9.17) is 32.4 Å². The maximum absolute atomic E-state index is 11.9. The number of aromatic nitrogens is 2. The van der Waals surface area contributed by atoms with Gasteiger partial charge in [-0.25, -0.2) is 14.8 Å². The zero-order chi connectivity index (χ0) is 19.4. The maximum atomic E-state index is 11.9. The van der Waals surface area contributed by atoms with E-state index in [1.54, 1.807) is 19.1 Å². The van der Waals surface area contributed by atoms with Crippen LogP contribution in [0.3, 0.4) is 0 Å². The fourth-order valence-corrected chi connectivity index (χ4v) is 2.51. The van der Waals surface area contributed by atoms with Crippen molar-refractivity contribution in [3.8, 4) is 0 Å². The van der Waals surface area contributed by atoms with Crippen molar-refractivity contribution in [1.82, 2.24) is 9.97 Å². The maximum Gasteiger partial charge on any atom is 0.331 e. The molecule has 0 saturated heterocycles. The van der Waals surface area contributed by atoms with Crippen molar-refractivity contribution < 1.29 is 18.7 Å². The summed E-state index contributed by atoms with van der Waals surface area (Å²) >= 11 is 11.8. The summed E-state index contributed by atoms with van der Waals surface area (Å²) in [5.41, 5.74) is 1.79. The molecule has 1 amide bonds. The van der Waals surface area contributed by atoms with E-state index in [1.807, 2.05) is 12.1 Å². The van der Waals surface area contributed by atoms with E-state index < -0.39 is 18.5 Å². The minimum absolute atomic E-state index is 0.140. The van der Waals surface area contributed by atoms with Gasteiger partial charge in [-0.3, -0.25) is 4.79 Å². The number of para-hydroxylation sites is 2. The summed E-state index contributed by atoms with van der Waals surface area (Å²) in [6.07, 6.45) is 2.48. The highest BCUT2D eigenvalue weighted by molar-refractivity contribution is 6.36. The number of hydrogen-bond acceptors (Lipinski definition) is 6. The third-order valence-corrected chi connectivity index (χ3v) is 4.05. The predicted molar refractivity (Wildman–Crippen MR) is 102 cm³/mol. The zero-order valence-corrected chi connectivity index (χ0v) is 15.5. The molecule has 2 heterocycles. The first kappa shape index (κ1) is 18.9. The largest absolute Gasteiger partial charge is 0.452 e. The van der Waals surface area contributed by atoms with E-state index in [2.05, 4.69) is 15.3 Å². The highest BCUT2D eigenvalue weighted by Crippen LogP contribution is 2.25. The van der Waals surface area contributed by atoms with E-state index in [0.29, 0.717) is 21.8 Å². The first-order chi connectivity index (χ1) is 12.9. The van der Waals surface area contributed by atoms with E-state index >= 15 is 0 Å². The average Bonchev–Trinajstić information content (AvgIpc) is 3.05. The molecular formula is C18H13Cl2N3O4. The number of nitrogens with zero attached hydrogens (tertiary/aromatic N) is 2. The minimum Gasteiger partial charge on any atom is -0.452 e. The van der Waals surface area contributed by atoms with E-state index in [9.17, 15) is 9.59 Å². The molecule has 0 bridgehead atoms. The molecule has 138 valence electrons. The number of rotatable bonds is 5. The van der Waals surface area contributed by atoms with Gasteiger partial charge in [0.2, 0.25) is 5.89 Å². The van der Waals surface area contributed by atoms with E-state index in [0.717, 1.165) is 6.08 Å². The number of benzene rings is 1. The van der Waals surface area contributed by atoms with Crippen LogP contribution in [0.15, 0.2) is 40.8 Å². The first-order valence-corrected chi connectivity index (χ1v) is 8.51. The van der Waals surface area contributed by atoms with Crippen LogP contribution in [-0.2, 0) is 14.3 Å². The Bertz CT molecular complexity index is 1010. The van der Waals surface area contributed by atoms with Crippen LogP contribution in [0.4, 0.5) is 5.82 Å². The summed E-state index contributed by atoms with van der Waals surface area (Å²) in [5, 5.41) is 3.02. The minimum atomic E-state index is -0.723. The van der Waals surface area contributed by atoms with Gasteiger partial charge in [0, 0.05) is 12.2 Å². The fourth-order valence-electron chi connectivity index (χ4n) is 2.10. The quantitative estimate of drug-likeness (QED) is 0.508. The predicted octanol–water partition coefficient (Wildman–Crippen LogP) is 4.03. The molecule has 0 aliphatic heterocycles. The molecule has 0 aliphatic rings. The molecule has 7 nitrogen and oxygen atoms in total. The van der Waals surface area contributed by atoms with E-state index in [1.165, 1.54) is 12.1 Å². The van der Waals surface area contributed by atoms with Crippen molar-refractivity contribution in [1.29, 1.82) is 0 Å². The molecule has 0 atom stereocenters. The lowest BCUT2D eigenvalue weighted by Gasteiger charge is -2.08. The van der Waals surface area contributed by atoms with Crippen molar-refractivity contribution in [2.24, 2.45) is 0 Å². The Morgan fingerprint density at radius 3 is 2.78 bits per heavy atom. The van der Waals surface area contributed by atoms with Gasteiger partial charge in [-0.15, -0.1) is 0 Å². The molecule has 0 aliphatic carbocycles. The second-order valence-electron chi connectivity index (χ2n) is 5.40. The monoisotopic (exact) mass is 405 g/mol. The lowest BCUT2D eigenvalue weighted by molar-refractivity contribution is -0.142. The lowest BCUT2D eigenvalue weighted by atomic mass is 10.3. The van der Waals surface area contributed by atoms with Gasteiger partial charge >= 0.3 is 5.97 Å². The van der Waals surface area contributed by atoms with Gasteiger partial charge in [0.25, 0.3) is 5.91 Å². The van der Waals surface area contributed by atoms with Gasteiger partial charge in [-0.1, -0.05) is 35.3 Å². The van der Waals surface area contributed by atoms with Gasteiger partial charge in [0.1, 0.15) is 5.52 Å². The van der Waals surface area contributed by atoms with Crippen LogP contribution in [0, 0.1) is 6.92 Å². The summed E-state index contributed by atoms with van der Waals surface area (Å²) in [6.45, 7) is 1.17. The second-order valence-corrected chi connectivity index (χ2v) is 6.21. The molecule has 0 fully saturated rings. The Labute approximate surface area is 163 Å². The Balaban J connectivity index is 1.54. The van der Waals surface area contributed by atoms with Gasteiger partial charge < -0.3 is 14.5 Å². The standard InChI is InChI=1S/C18H13Cl2N3O4/c1-10-11(19)8-12(20)18(21-10)23-15(24)9-26-17(25)7-6-16-22-13-4-2-3-5-14(13)27-16/h2-8H,9H2,1H3,(H,21,23,24)/b7-6+. The van der Waals surface area contributed by atoms with Crippen molar-refractivity contribution in [3.63, 3.8) is 0 Å². The number of hydrogen-bond donors (Lipinski definition) is 1. The zero-order valence-electron chi connectivity index (χ0n) is 14.0.